The molecule has 2 aromatic rings. The molecule has 23 heavy (non-hydrogen) atoms. The molecular weight excluding hydrogens is 300 g/mol. The van der Waals surface area contributed by atoms with E-state index in [4.69, 9.17) is 8.85 Å². The highest BCUT2D eigenvalue weighted by Gasteiger charge is 2.55. The summed E-state index contributed by atoms with van der Waals surface area (Å²) in [6, 6.07) is 15.1. The van der Waals surface area contributed by atoms with Crippen molar-refractivity contribution in [3.63, 3.8) is 0 Å². The highest BCUT2D eigenvalue weighted by Crippen LogP contribution is 2.47. The number of fused-ring (bicyclic) bond motifs is 1. The van der Waals surface area contributed by atoms with Gasteiger partial charge in [-0.25, -0.2) is 0 Å². The Kier molecular flexibility index (Phi) is 5.34. The van der Waals surface area contributed by atoms with Gasteiger partial charge in [0.15, 0.2) is 0 Å². The highest BCUT2D eigenvalue weighted by atomic mass is 28.4. The van der Waals surface area contributed by atoms with E-state index < -0.39 is 8.56 Å². The second-order valence-corrected chi connectivity index (χ2v) is 11.3. The van der Waals surface area contributed by atoms with E-state index in [1.165, 1.54) is 16.0 Å². The van der Waals surface area contributed by atoms with Crippen LogP contribution in [-0.4, -0.2) is 22.8 Å². The zero-order valence-corrected chi connectivity index (χ0v) is 16.5. The summed E-state index contributed by atoms with van der Waals surface area (Å²) < 4.78 is 12.3. The van der Waals surface area contributed by atoms with Gasteiger partial charge in [0.2, 0.25) is 0 Å². The molecular formula is C20H30O2Si. The number of benzene rings is 2. The number of rotatable bonds is 6. The fourth-order valence-electron chi connectivity index (χ4n) is 3.74. The molecule has 0 bridgehead atoms. The maximum atomic E-state index is 6.17. The van der Waals surface area contributed by atoms with E-state index >= 15 is 0 Å². The predicted octanol–water partition coefficient (Wildman–Crippen LogP) is 4.85. The molecule has 0 saturated heterocycles. The van der Waals surface area contributed by atoms with E-state index in [2.05, 4.69) is 77.1 Å². The third kappa shape index (κ3) is 2.98. The van der Waals surface area contributed by atoms with Gasteiger partial charge in [0, 0.05) is 19.3 Å². The van der Waals surface area contributed by atoms with E-state index in [1.807, 2.05) is 0 Å². The molecule has 0 spiro atoms. The lowest BCUT2D eigenvalue weighted by Gasteiger charge is -2.46. The normalized spacial score (nSPS) is 14.4. The van der Waals surface area contributed by atoms with Crippen molar-refractivity contribution in [2.24, 2.45) is 11.8 Å². The molecule has 0 aromatic heterocycles. The van der Waals surface area contributed by atoms with Crippen molar-refractivity contribution in [3.8, 4) is 0 Å². The van der Waals surface area contributed by atoms with Crippen molar-refractivity contribution >= 4 is 24.5 Å². The van der Waals surface area contributed by atoms with Gasteiger partial charge in [-0.15, -0.1) is 0 Å². The van der Waals surface area contributed by atoms with Crippen molar-refractivity contribution < 1.29 is 8.85 Å². The maximum Gasteiger partial charge on any atom is 0.378 e. The Hall–Kier alpha value is -1.16. The highest BCUT2D eigenvalue weighted by molar-refractivity contribution is 6.83. The zero-order valence-electron chi connectivity index (χ0n) is 15.5. The molecule has 126 valence electrons. The molecule has 0 fully saturated rings. The first-order valence-corrected chi connectivity index (χ1v) is 10.2. The van der Waals surface area contributed by atoms with Crippen LogP contribution in [0.25, 0.3) is 10.8 Å². The summed E-state index contributed by atoms with van der Waals surface area (Å²) in [5.74, 6) is 1.06. The fourth-order valence-corrected chi connectivity index (χ4v) is 7.76. The summed E-state index contributed by atoms with van der Waals surface area (Å²) in [5.41, 5.74) is 0. The van der Waals surface area contributed by atoms with E-state index in [1.54, 1.807) is 14.2 Å². The van der Waals surface area contributed by atoms with Crippen LogP contribution in [-0.2, 0) is 8.85 Å². The van der Waals surface area contributed by atoms with Crippen LogP contribution in [0, 0.1) is 11.8 Å². The average molecular weight is 331 g/mol. The van der Waals surface area contributed by atoms with Crippen LogP contribution in [0.1, 0.15) is 34.6 Å². The lowest BCUT2D eigenvalue weighted by molar-refractivity contribution is 0.185. The summed E-state index contributed by atoms with van der Waals surface area (Å²) >= 11 is 0. The van der Waals surface area contributed by atoms with Gasteiger partial charge in [-0.3, -0.25) is 0 Å². The van der Waals surface area contributed by atoms with Crippen molar-refractivity contribution in [3.05, 3.63) is 42.5 Å². The Morgan fingerprint density at radius 3 is 1.96 bits per heavy atom. The summed E-state index contributed by atoms with van der Waals surface area (Å²) in [5, 5.41) is 3.65. The van der Waals surface area contributed by atoms with E-state index in [-0.39, 0.29) is 5.04 Å². The molecule has 0 amide bonds. The lowest BCUT2D eigenvalue weighted by atomic mass is 9.86. The summed E-state index contributed by atoms with van der Waals surface area (Å²) in [6.45, 7) is 11.5. The molecule has 0 radical (unpaired) electrons. The average Bonchev–Trinajstić information content (AvgIpc) is 2.55. The van der Waals surface area contributed by atoms with Crippen molar-refractivity contribution in [2.45, 2.75) is 39.7 Å². The molecule has 0 aliphatic rings. The Morgan fingerprint density at radius 2 is 1.43 bits per heavy atom. The van der Waals surface area contributed by atoms with Crippen LogP contribution < -0.4 is 5.19 Å². The fraction of sp³-hybridized carbons (Fsp3) is 0.500. The summed E-state index contributed by atoms with van der Waals surface area (Å²) in [7, 11) is 1.02. The smallest absolute Gasteiger partial charge is 0.378 e. The first-order chi connectivity index (χ1) is 10.8. The molecule has 0 N–H and O–H groups in total. The van der Waals surface area contributed by atoms with Gasteiger partial charge in [-0.05, 0) is 27.8 Å². The first kappa shape index (κ1) is 18.2. The van der Waals surface area contributed by atoms with Crippen molar-refractivity contribution in [1.29, 1.82) is 0 Å². The molecule has 0 saturated carbocycles. The third-order valence-electron chi connectivity index (χ3n) is 5.69. The number of hydrogen-bond donors (Lipinski definition) is 0. The molecule has 2 aromatic carbocycles. The van der Waals surface area contributed by atoms with Crippen LogP contribution in [0.4, 0.5) is 0 Å². The van der Waals surface area contributed by atoms with E-state index in [0.717, 1.165) is 0 Å². The minimum Gasteiger partial charge on any atom is -0.394 e. The largest absolute Gasteiger partial charge is 0.394 e. The minimum atomic E-state index is -2.59. The minimum absolute atomic E-state index is 0.0485. The lowest BCUT2D eigenvalue weighted by Crippen LogP contribution is -2.62. The van der Waals surface area contributed by atoms with Gasteiger partial charge in [-0.2, -0.15) is 0 Å². The molecule has 1 unspecified atom stereocenters. The first-order valence-electron chi connectivity index (χ1n) is 8.39. The zero-order chi connectivity index (χ0) is 17.3. The van der Waals surface area contributed by atoms with Gasteiger partial charge >= 0.3 is 8.56 Å². The van der Waals surface area contributed by atoms with Crippen LogP contribution in [0.15, 0.2) is 42.5 Å². The van der Waals surface area contributed by atoms with E-state index in [0.29, 0.717) is 11.8 Å². The Bertz CT molecular complexity index is 659. The second kappa shape index (κ2) is 6.76. The quantitative estimate of drug-likeness (QED) is 0.705. The predicted molar refractivity (Wildman–Crippen MR) is 101 cm³/mol. The van der Waals surface area contributed by atoms with E-state index in [9.17, 15) is 0 Å². The van der Waals surface area contributed by atoms with Crippen LogP contribution in [0.5, 0.6) is 0 Å². The van der Waals surface area contributed by atoms with Crippen LogP contribution >= 0.6 is 0 Å². The number of hydrogen-bond acceptors (Lipinski definition) is 2. The van der Waals surface area contributed by atoms with Crippen molar-refractivity contribution in [2.75, 3.05) is 14.2 Å². The standard InChI is InChI=1S/C20H30O2Si/c1-15(2)16(3)20(4,5)23(21-6,22-7)19-13-12-17-10-8-9-11-18(17)14-19/h8-16H,1-7H3. The maximum absolute atomic E-state index is 6.17. The monoisotopic (exact) mass is 330 g/mol. The van der Waals surface area contributed by atoms with Crippen LogP contribution in [0.3, 0.4) is 0 Å². The Balaban J connectivity index is 2.62. The second-order valence-electron chi connectivity index (χ2n) is 7.34. The van der Waals surface area contributed by atoms with Crippen molar-refractivity contribution in [1.82, 2.24) is 0 Å². The molecule has 0 aliphatic heterocycles. The molecule has 0 aliphatic carbocycles. The summed E-state index contributed by atoms with van der Waals surface area (Å²) in [4.78, 5) is 0. The van der Waals surface area contributed by atoms with Gasteiger partial charge < -0.3 is 8.85 Å². The molecule has 3 heteroatoms. The van der Waals surface area contributed by atoms with Gasteiger partial charge in [0.05, 0.1) is 0 Å². The van der Waals surface area contributed by atoms with Gasteiger partial charge in [-0.1, -0.05) is 77.1 Å². The third-order valence-corrected chi connectivity index (χ3v) is 10.1. The van der Waals surface area contributed by atoms with Crippen LogP contribution in [0.2, 0.25) is 5.04 Å². The SMILES string of the molecule is CO[Si](OC)(c1ccc2ccccc2c1)C(C)(C)C(C)C(C)C. The van der Waals surface area contributed by atoms with Gasteiger partial charge in [0.1, 0.15) is 0 Å². The Labute approximate surface area is 142 Å². The Morgan fingerprint density at radius 1 is 0.870 bits per heavy atom. The van der Waals surface area contributed by atoms with Gasteiger partial charge in [0.25, 0.3) is 0 Å². The molecule has 2 nitrogen and oxygen atoms in total. The molecule has 0 heterocycles. The topological polar surface area (TPSA) is 18.5 Å². The summed E-state index contributed by atoms with van der Waals surface area (Å²) in [6.07, 6.45) is 0. The molecule has 2 rings (SSSR count). The molecule has 1 atom stereocenters.